The predicted molar refractivity (Wildman–Crippen MR) is 95.1 cm³/mol. The highest BCUT2D eigenvalue weighted by Crippen LogP contribution is 2.36. The lowest BCUT2D eigenvalue weighted by molar-refractivity contribution is -0.142. The molecule has 2 aromatic rings. The van der Waals surface area contributed by atoms with Gasteiger partial charge in [-0.3, -0.25) is 4.90 Å². The number of carboxylic acids is 1. The van der Waals surface area contributed by atoms with Gasteiger partial charge in [-0.1, -0.05) is 66.7 Å². The zero-order chi connectivity index (χ0) is 17.8. The summed E-state index contributed by atoms with van der Waals surface area (Å²) >= 11 is 0. The molecule has 1 amide bonds. The van der Waals surface area contributed by atoms with E-state index in [1.807, 2.05) is 66.7 Å². The fourth-order valence-electron chi connectivity index (χ4n) is 3.23. The summed E-state index contributed by atoms with van der Waals surface area (Å²) in [5.41, 5.74) is 2.92. The summed E-state index contributed by atoms with van der Waals surface area (Å²) in [7, 11) is 0. The molecule has 128 valence electrons. The summed E-state index contributed by atoms with van der Waals surface area (Å²) in [5, 5.41) is 18.6. The van der Waals surface area contributed by atoms with Crippen molar-refractivity contribution in [1.29, 1.82) is 0 Å². The molecule has 2 aromatic carbocycles. The highest BCUT2D eigenvalue weighted by atomic mass is 16.4. The van der Waals surface area contributed by atoms with E-state index in [-0.39, 0.29) is 0 Å². The molecule has 2 atom stereocenters. The Hall–Kier alpha value is -3.08. The third-order valence-corrected chi connectivity index (χ3v) is 4.48. The minimum Gasteiger partial charge on any atom is -0.480 e. The Kier molecular flexibility index (Phi) is 4.84. The number of benzene rings is 2. The summed E-state index contributed by atoms with van der Waals surface area (Å²) in [4.78, 5) is 23.8. The first-order chi connectivity index (χ1) is 12.1. The van der Waals surface area contributed by atoms with Crippen LogP contribution in [-0.2, 0) is 4.79 Å². The van der Waals surface area contributed by atoms with Crippen LogP contribution in [0.2, 0.25) is 0 Å². The van der Waals surface area contributed by atoms with Crippen LogP contribution in [0.1, 0.15) is 35.6 Å². The molecule has 1 aliphatic rings. The molecule has 0 unspecified atom stereocenters. The van der Waals surface area contributed by atoms with E-state index in [4.69, 9.17) is 0 Å². The van der Waals surface area contributed by atoms with Crippen molar-refractivity contribution in [3.05, 3.63) is 71.3 Å². The maximum atomic E-state index is 11.5. The van der Waals surface area contributed by atoms with Crippen molar-refractivity contribution in [2.75, 3.05) is 0 Å². The predicted octanol–water partition coefficient (Wildman–Crippen LogP) is 4.13. The van der Waals surface area contributed by atoms with E-state index in [9.17, 15) is 19.8 Å². The van der Waals surface area contributed by atoms with E-state index in [1.165, 1.54) is 0 Å². The van der Waals surface area contributed by atoms with Crippen LogP contribution in [0.5, 0.6) is 0 Å². The van der Waals surface area contributed by atoms with Crippen LogP contribution < -0.4 is 0 Å². The van der Waals surface area contributed by atoms with Crippen LogP contribution >= 0.6 is 0 Å². The molecule has 0 radical (unpaired) electrons. The summed E-state index contributed by atoms with van der Waals surface area (Å²) in [6, 6.07) is 16.1. The maximum absolute atomic E-state index is 11.5. The average molecular weight is 337 g/mol. The monoisotopic (exact) mass is 337 g/mol. The van der Waals surface area contributed by atoms with E-state index in [0.717, 1.165) is 21.6 Å². The van der Waals surface area contributed by atoms with Gasteiger partial charge in [0.15, 0.2) is 0 Å². The molecule has 5 heteroatoms. The van der Waals surface area contributed by atoms with Crippen LogP contribution in [0.25, 0.3) is 12.2 Å². The lowest BCUT2D eigenvalue weighted by Crippen LogP contribution is -2.40. The minimum atomic E-state index is -1.19. The number of amides is 1. The number of hydrogen-bond donors (Lipinski definition) is 2. The molecule has 1 heterocycles. The molecule has 0 aliphatic carbocycles. The van der Waals surface area contributed by atoms with E-state index >= 15 is 0 Å². The van der Waals surface area contributed by atoms with Gasteiger partial charge < -0.3 is 10.2 Å². The van der Waals surface area contributed by atoms with Crippen molar-refractivity contribution < 1.29 is 19.8 Å². The molecule has 0 saturated carbocycles. The Morgan fingerprint density at radius 2 is 1.48 bits per heavy atom. The second-order valence-corrected chi connectivity index (χ2v) is 6.05. The summed E-state index contributed by atoms with van der Waals surface area (Å²) in [6.07, 6.45) is 3.66. The second-order valence-electron chi connectivity index (χ2n) is 6.05. The number of rotatable bonds is 4. The third-order valence-electron chi connectivity index (χ3n) is 4.48. The van der Waals surface area contributed by atoms with Crippen molar-refractivity contribution in [2.24, 2.45) is 0 Å². The normalized spacial score (nSPS) is 20.1. The number of aliphatic carboxylic acids is 1. The Labute approximate surface area is 145 Å². The first kappa shape index (κ1) is 16.8. The van der Waals surface area contributed by atoms with Gasteiger partial charge in [0, 0.05) is 0 Å². The smallest absolute Gasteiger partial charge is 0.408 e. The third kappa shape index (κ3) is 3.71. The largest absolute Gasteiger partial charge is 0.480 e. The Bertz CT molecular complexity index is 783. The van der Waals surface area contributed by atoms with Crippen LogP contribution in [0.15, 0.2) is 54.6 Å². The maximum Gasteiger partial charge on any atom is 0.408 e. The van der Waals surface area contributed by atoms with Gasteiger partial charge in [0.2, 0.25) is 0 Å². The van der Waals surface area contributed by atoms with Crippen molar-refractivity contribution in [3.8, 4) is 0 Å². The second kappa shape index (κ2) is 7.21. The zero-order valence-electron chi connectivity index (χ0n) is 13.6. The van der Waals surface area contributed by atoms with Crippen molar-refractivity contribution in [3.63, 3.8) is 0 Å². The molecule has 25 heavy (non-hydrogen) atoms. The van der Waals surface area contributed by atoms with Crippen LogP contribution in [0, 0.1) is 0 Å². The molecular weight excluding hydrogens is 318 g/mol. The van der Waals surface area contributed by atoms with Gasteiger partial charge >= 0.3 is 12.1 Å². The fourth-order valence-corrected chi connectivity index (χ4v) is 3.23. The molecule has 1 fully saturated rings. The van der Waals surface area contributed by atoms with Crippen LogP contribution in [-0.4, -0.2) is 33.2 Å². The number of likely N-dealkylation sites (tertiary alicyclic amines) is 1. The molecule has 3 rings (SSSR count). The number of carbonyl (C=O) groups is 2. The number of nitrogens with zero attached hydrogens (tertiary/aromatic N) is 1. The number of carboxylic acid groups (broad SMARTS) is 2. The molecule has 1 aliphatic heterocycles. The summed E-state index contributed by atoms with van der Waals surface area (Å²) < 4.78 is 0. The first-order valence-electron chi connectivity index (χ1n) is 8.13. The Morgan fingerprint density at radius 1 is 0.880 bits per heavy atom. The summed E-state index contributed by atoms with van der Waals surface area (Å²) in [6.45, 7) is 0. The quantitative estimate of drug-likeness (QED) is 0.823. The van der Waals surface area contributed by atoms with E-state index in [0.29, 0.717) is 12.8 Å². The van der Waals surface area contributed by atoms with Gasteiger partial charge in [0.1, 0.15) is 6.04 Å². The SMILES string of the molecule is O=C(O)[C@@H]1CC[C@H](c2ccc(C=Cc3ccccc3)cc2)N1C(=O)O. The fraction of sp³-hybridized carbons (Fsp3) is 0.200. The molecule has 2 N–H and O–H groups in total. The molecule has 5 nitrogen and oxygen atoms in total. The Balaban J connectivity index is 1.77. The van der Waals surface area contributed by atoms with Gasteiger partial charge in [0.05, 0.1) is 6.04 Å². The number of hydrogen-bond acceptors (Lipinski definition) is 2. The van der Waals surface area contributed by atoms with Crippen LogP contribution in [0.3, 0.4) is 0 Å². The van der Waals surface area contributed by atoms with Crippen LogP contribution in [0.4, 0.5) is 4.79 Å². The van der Waals surface area contributed by atoms with E-state index in [2.05, 4.69) is 0 Å². The van der Waals surface area contributed by atoms with Gasteiger partial charge in [-0.25, -0.2) is 9.59 Å². The van der Waals surface area contributed by atoms with Gasteiger partial charge in [-0.05, 0) is 29.5 Å². The standard InChI is InChI=1S/C20H19NO4/c22-19(23)18-13-12-17(21(18)20(24)25)16-10-8-15(9-11-16)7-6-14-4-2-1-3-5-14/h1-11,17-18H,12-13H2,(H,22,23)(H,24,25)/t17-,18+/m1/s1. The van der Waals surface area contributed by atoms with Crippen molar-refractivity contribution >= 4 is 24.2 Å². The van der Waals surface area contributed by atoms with Crippen molar-refractivity contribution in [2.45, 2.75) is 24.9 Å². The Morgan fingerprint density at radius 3 is 2.04 bits per heavy atom. The first-order valence-corrected chi connectivity index (χ1v) is 8.13. The highest BCUT2D eigenvalue weighted by Gasteiger charge is 2.41. The summed E-state index contributed by atoms with van der Waals surface area (Å²) in [5.74, 6) is -1.09. The van der Waals surface area contributed by atoms with Crippen molar-refractivity contribution in [1.82, 2.24) is 4.90 Å². The molecule has 0 spiro atoms. The highest BCUT2D eigenvalue weighted by molar-refractivity contribution is 5.80. The van der Waals surface area contributed by atoms with Gasteiger partial charge in [-0.2, -0.15) is 0 Å². The average Bonchev–Trinajstić information content (AvgIpc) is 3.07. The topological polar surface area (TPSA) is 77.8 Å². The lowest BCUT2D eigenvalue weighted by atomic mass is 10.0. The molecule has 1 saturated heterocycles. The molecule has 0 bridgehead atoms. The van der Waals surface area contributed by atoms with Gasteiger partial charge in [0.25, 0.3) is 0 Å². The molecular formula is C20H19NO4. The molecule has 0 aromatic heterocycles. The van der Waals surface area contributed by atoms with E-state index < -0.39 is 24.1 Å². The zero-order valence-corrected chi connectivity index (χ0v) is 13.6. The van der Waals surface area contributed by atoms with E-state index in [1.54, 1.807) is 0 Å². The minimum absolute atomic E-state index is 0.335. The van der Waals surface area contributed by atoms with Gasteiger partial charge in [-0.15, -0.1) is 0 Å². The lowest BCUT2D eigenvalue weighted by Gasteiger charge is -2.25.